The lowest BCUT2D eigenvalue weighted by Gasteiger charge is -2.47. The lowest BCUT2D eigenvalue weighted by atomic mass is 9.82. The third-order valence-corrected chi connectivity index (χ3v) is 6.77. The zero-order valence-electron chi connectivity index (χ0n) is 18.4. The molecule has 3 heterocycles. The van der Waals surface area contributed by atoms with Crippen LogP contribution in [0.15, 0.2) is 29.5 Å². The van der Waals surface area contributed by atoms with Gasteiger partial charge in [-0.1, -0.05) is 0 Å². The fourth-order valence-corrected chi connectivity index (χ4v) is 4.96. The first kappa shape index (κ1) is 21.4. The first-order chi connectivity index (χ1) is 14.7. The van der Waals surface area contributed by atoms with Crippen LogP contribution in [-0.2, 0) is 0 Å². The van der Waals surface area contributed by atoms with Gasteiger partial charge in [-0.2, -0.15) is 0 Å². The van der Waals surface area contributed by atoms with Gasteiger partial charge in [0.2, 0.25) is 5.95 Å². The maximum Gasteiger partial charge on any atom is 0.245 e. The average molecular weight is 425 g/mol. The van der Waals surface area contributed by atoms with Crippen LogP contribution in [0.5, 0.6) is 5.75 Å². The molecule has 2 aliphatic rings. The Bertz CT molecular complexity index is 1030. The highest BCUT2D eigenvalue weighted by Crippen LogP contribution is 2.45. The molecule has 31 heavy (non-hydrogen) atoms. The number of aliphatic imine (C=N–C) groups is 1. The Morgan fingerprint density at radius 1 is 1.32 bits per heavy atom. The second-order valence-corrected chi connectivity index (χ2v) is 9.25. The van der Waals surface area contributed by atoms with Crippen molar-refractivity contribution in [2.45, 2.75) is 63.3 Å². The number of benzene rings is 1. The van der Waals surface area contributed by atoms with E-state index in [-0.39, 0.29) is 17.3 Å². The van der Waals surface area contributed by atoms with Crippen molar-refractivity contribution < 1.29 is 9.50 Å². The molecule has 0 spiro atoms. The number of alkyl halides is 1. The number of phenols is 1. The van der Waals surface area contributed by atoms with Gasteiger partial charge >= 0.3 is 0 Å². The summed E-state index contributed by atoms with van der Waals surface area (Å²) in [5, 5.41) is 22.4. The van der Waals surface area contributed by atoms with E-state index in [2.05, 4.69) is 39.1 Å². The topological polar surface area (TPSA) is 86.5 Å². The van der Waals surface area contributed by atoms with Crippen LogP contribution in [0, 0.1) is 6.92 Å². The largest absolute Gasteiger partial charge is 0.507 e. The quantitative estimate of drug-likeness (QED) is 0.713. The molecule has 7 nitrogen and oxygen atoms in total. The van der Waals surface area contributed by atoms with Crippen molar-refractivity contribution >= 4 is 18.7 Å². The van der Waals surface area contributed by atoms with E-state index in [4.69, 9.17) is 0 Å². The van der Waals surface area contributed by atoms with E-state index in [1.807, 2.05) is 33.0 Å². The molecule has 164 valence electrons. The predicted octanol–water partition coefficient (Wildman–Crippen LogP) is 3.67. The highest BCUT2D eigenvalue weighted by molar-refractivity contribution is 5.72. The fraction of sp³-hybridized carbons (Fsp3) is 0.478. The summed E-state index contributed by atoms with van der Waals surface area (Å²) in [5.74, 6) is 0.463. The molecule has 0 radical (unpaired) electrons. The van der Waals surface area contributed by atoms with Crippen molar-refractivity contribution in [2.75, 3.05) is 11.9 Å². The van der Waals surface area contributed by atoms with Crippen molar-refractivity contribution in [1.82, 2.24) is 20.5 Å². The summed E-state index contributed by atoms with van der Waals surface area (Å²) < 4.78 is 15.4. The summed E-state index contributed by atoms with van der Waals surface area (Å²) in [4.78, 5) is 9.97. The normalized spacial score (nSPS) is 30.0. The van der Waals surface area contributed by atoms with Gasteiger partial charge in [-0.25, -0.2) is 9.37 Å². The van der Waals surface area contributed by atoms with E-state index in [1.54, 1.807) is 23.4 Å². The number of nitrogens with zero attached hydrogens (tertiary/aromatic N) is 5. The van der Waals surface area contributed by atoms with E-state index < -0.39 is 11.7 Å². The number of hydrogen-bond donors (Lipinski definition) is 2. The van der Waals surface area contributed by atoms with E-state index in [1.165, 1.54) is 0 Å². The number of fused-ring (bicyclic) bond motifs is 2. The molecule has 2 bridgehead atoms. The van der Waals surface area contributed by atoms with Crippen LogP contribution < -0.4 is 10.2 Å². The average Bonchev–Trinajstić information content (AvgIpc) is 3.02. The van der Waals surface area contributed by atoms with E-state index in [9.17, 15) is 5.11 Å². The Kier molecular flexibility index (Phi) is 5.29. The molecular weight excluding hydrogens is 395 g/mol. The van der Waals surface area contributed by atoms with Gasteiger partial charge in [-0.15, -0.1) is 10.2 Å². The predicted molar refractivity (Wildman–Crippen MR) is 121 cm³/mol. The summed E-state index contributed by atoms with van der Waals surface area (Å²) in [6.07, 6.45) is 6.37. The molecule has 0 aliphatic carbocycles. The van der Waals surface area contributed by atoms with E-state index in [0.29, 0.717) is 23.6 Å². The Labute approximate surface area is 182 Å². The number of aromatic hydroxyl groups is 1. The smallest absolute Gasteiger partial charge is 0.245 e. The zero-order chi connectivity index (χ0) is 22.4. The van der Waals surface area contributed by atoms with Gasteiger partial charge in [0.05, 0.1) is 12.2 Å². The number of piperidine rings is 1. The summed E-state index contributed by atoms with van der Waals surface area (Å²) in [6.45, 7) is 9.45. The second kappa shape index (κ2) is 7.67. The molecule has 2 aliphatic heterocycles. The monoisotopic (exact) mass is 424 g/mol. The van der Waals surface area contributed by atoms with Crippen molar-refractivity contribution in [1.29, 1.82) is 0 Å². The molecule has 2 N–H and O–H groups in total. The van der Waals surface area contributed by atoms with Gasteiger partial charge in [-0.05, 0) is 76.1 Å². The van der Waals surface area contributed by atoms with Gasteiger partial charge < -0.3 is 15.3 Å². The first-order valence-corrected chi connectivity index (χ1v) is 10.5. The van der Waals surface area contributed by atoms with Crippen molar-refractivity contribution in [3.63, 3.8) is 0 Å². The fourth-order valence-electron chi connectivity index (χ4n) is 4.96. The minimum atomic E-state index is -1.04. The van der Waals surface area contributed by atoms with Crippen LogP contribution in [0.25, 0.3) is 17.3 Å². The third-order valence-electron chi connectivity index (χ3n) is 6.77. The van der Waals surface area contributed by atoms with E-state index in [0.717, 1.165) is 24.0 Å². The highest BCUT2D eigenvalue weighted by Gasteiger charge is 2.56. The minimum absolute atomic E-state index is 0.0818. The zero-order valence-corrected chi connectivity index (χ0v) is 18.4. The van der Waals surface area contributed by atoms with Crippen LogP contribution >= 0.6 is 0 Å². The van der Waals surface area contributed by atoms with Crippen molar-refractivity contribution in [3.8, 4) is 17.0 Å². The summed E-state index contributed by atoms with van der Waals surface area (Å²) in [6, 6.07) is 3.15. The lowest BCUT2D eigenvalue weighted by Crippen LogP contribution is -2.65. The number of anilines is 1. The molecule has 2 fully saturated rings. The van der Waals surface area contributed by atoms with Crippen LogP contribution in [0.2, 0.25) is 0 Å². The first-order valence-electron chi connectivity index (χ1n) is 10.5. The second-order valence-electron chi connectivity index (χ2n) is 9.25. The summed E-state index contributed by atoms with van der Waals surface area (Å²) >= 11 is 0. The summed E-state index contributed by atoms with van der Waals surface area (Å²) in [5.41, 5.74) is 2.13. The number of aromatic nitrogens is 3. The molecular formula is C23H29FN6O. The Morgan fingerprint density at radius 3 is 2.77 bits per heavy atom. The Balaban J connectivity index is 1.60. The molecule has 4 atom stereocenters. The Morgan fingerprint density at radius 2 is 2.10 bits per heavy atom. The number of nitrogens with one attached hydrogen (secondary N) is 1. The van der Waals surface area contributed by atoms with Gasteiger partial charge in [0.1, 0.15) is 17.6 Å². The highest BCUT2D eigenvalue weighted by atomic mass is 19.1. The maximum absolute atomic E-state index is 15.4. The third kappa shape index (κ3) is 3.80. The minimum Gasteiger partial charge on any atom is -0.507 e. The van der Waals surface area contributed by atoms with Gasteiger partial charge in [0, 0.05) is 29.9 Å². The molecule has 1 aromatic heterocycles. The van der Waals surface area contributed by atoms with Crippen molar-refractivity contribution in [3.05, 3.63) is 35.7 Å². The number of aryl methyl sites for hydroxylation is 1. The maximum atomic E-state index is 15.4. The molecule has 0 unspecified atom stereocenters. The number of hydrogen-bond acceptors (Lipinski definition) is 7. The van der Waals surface area contributed by atoms with Crippen LogP contribution in [-0.4, -0.2) is 57.3 Å². The Hall–Kier alpha value is -2.87. The molecule has 0 amide bonds. The molecule has 2 saturated heterocycles. The van der Waals surface area contributed by atoms with Gasteiger partial charge in [0.25, 0.3) is 0 Å². The molecule has 2 aromatic rings. The van der Waals surface area contributed by atoms with Crippen LogP contribution in [0.3, 0.4) is 0 Å². The number of halogens is 1. The van der Waals surface area contributed by atoms with Gasteiger partial charge in [0.15, 0.2) is 0 Å². The molecule has 1 aromatic carbocycles. The SMILES string of the molecule is C=N/C=C\c1cc(-c2cnc(N(C)[C@H]3C[C@]4(C)CC[C@@](C)(N4)[C@@H]3F)nn2)c(O)cc1C. The number of phenolic OH excluding ortho intramolecular Hbond substituents is 1. The van der Waals surface area contributed by atoms with Crippen LogP contribution in [0.4, 0.5) is 10.3 Å². The summed E-state index contributed by atoms with van der Waals surface area (Å²) in [7, 11) is 1.82. The van der Waals surface area contributed by atoms with Gasteiger partial charge in [-0.3, -0.25) is 4.99 Å². The molecule has 4 rings (SSSR count). The van der Waals surface area contributed by atoms with E-state index >= 15 is 4.39 Å². The molecule has 0 saturated carbocycles. The molecule has 8 heteroatoms. The number of rotatable bonds is 5. The lowest BCUT2D eigenvalue weighted by molar-refractivity contribution is 0.0856. The van der Waals surface area contributed by atoms with Crippen molar-refractivity contribution in [2.24, 2.45) is 4.99 Å². The standard InChI is InChI=1S/C23H29FN6O/c1-14-10-19(31)16(11-15(14)6-9-25-4)17-13-26-21(28-27-17)30(5)18-12-22(2)7-8-23(3,29-22)20(18)24/h6,9-11,13,18,20,29,31H,4,7-8,12H2,1-3,5H3/b9-6-/t18-,20+,22-,23+/m0/s1. The van der Waals surface area contributed by atoms with Crippen LogP contribution in [0.1, 0.15) is 44.2 Å².